The largest absolute Gasteiger partial charge is 0.331 e. The first-order valence-electron chi connectivity index (χ1n) is 5.50. The van der Waals surface area contributed by atoms with Crippen molar-refractivity contribution in [2.75, 3.05) is 6.54 Å². The van der Waals surface area contributed by atoms with E-state index in [1.165, 1.54) is 6.07 Å². The van der Waals surface area contributed by atoms with Gasteiger partial charge in [0.25, 0.3) is 0 Å². The summed E-state index contributed by atoms with van der Waals surface area (Å²) in [6.45, 7) is 2.60. The molecule has 1 aromatic heterocycles. The molecular weight excluding hydrogens is 205 g/mol. The molecule has 0 bridgehead atoms. The highest BCUT2D eigenvalue weighted by Gasteiger charge is 2.17. The third-order valence-corrected chi connectivity index (χ3v) is 3.04. The monoisotopic (exact) mass is 221 g/mol. The Kier molecular flexibility index (Phi) is 2.92. The van der Waals surface area contributed by atoms with Gasteiger partial charge >= 0.3 is 0 Å². The van der Waals surface area contributed by atoms with E-state index in [0.717, 1.165) is 17.8 Å². The Balaban J connectivity index is 2.64. The summed E-state index contributed by atoms with van der Waals surface area (Å²) in [6.07, 6.45) is 0.912. The number of aryl methyl sites for hydroxylation is 1. The molecule has 0 amide bonds. The number of rotatable bonds is 3. The molecule has 0 aliphatic rings. The van der Waals surface area contributed by atoms with Crippen LogP contribution in [0.5, 0.6) is 0 Å². The molecule has 1 aromatic carbocycles. The average Bonchev–Trinajstić information content (AvgIpc) is 2.61. The van der Waals surface area contributed by atoms with Gasteiger partial charge in [-0.2, -0.15) is 0 Å². The Labute approximate surface area is 94.1 Å². The number of hydrogen-bond donors (Lipinski definition) is 1. The zero-order valence-corrected chi connectivity index (χ0v) is 9.57. The van der Waals surface area contributed by atoms with E-state index in [2.05, 4.69) is 11.9 Å². The predicted octanol–water partition coefficient (Wildman–Crippen LogP) is 2.16. The van der Waals surface area contributed by atoms with E-state index in [0.29, 0.717) is 12.1 Å². The number of benzene rings is 1. The lowest BCUT2D eigenvalue weighted by molar-refractivity contribution is 0.606. The SMILES string of the molecule is CCC(CN)c1nc2c(F)cccc2n1C. The average molecular weight is 221 g/mol. The molecule has 0 radical (unpaired) electrons. The van der Waals surface area contributed by atoms with Crippen molar-refractivity contribution in [2.45, 2.75) is 19.3 Å². The van der Waals surface area contributed by atoms with E-state index in [9.17, 15) is 4.39 Å². The van der Waals surface area contributed by atoms with Gasteiger partial charge in [-0.25, -0.2) is 9.37 Å². The van der Waals surface area contributed by atoms with Crippen LogP contribution in [0.1, 0.15) is 25.1 Å². The lowest BCUT2D eigenvalue weighted by atomic mass is 10.1. The highest BCUT2D eigenvalue weighted by Crippen LogP contribution is 2.23. The van der Waals surface area contributed by atoms with Crippen molar-refractivity contribution in [1.82, 2.24) is 9.55 Å². The zero-order chi connectivity index (χ0) is 11.7. The van der Waals surface area contributed by atoms with E-state index in [1.54, 1.807) is 6.07 Å². The van der Waals surface area contributed by atoms with Crippen molar-refractivity contribution in [3.05, 3.63) is 29.8 Å². The summed E-state index contributed by atoms with van der Waals surface area (Å²) in [6, 6.07) is 5.01. The Bertz CT molecular complexity index is 500. The van der Waals surface area contributed by atoms with Crippen LogP contribution in [0.4, 0.5) is 4.39 Å². The van der Waals surface area contributed by atoms with Gasteiger partial charge in [-0.15, -0.1) is 0 Å². The number of nitrogens with two attached hydrogens (primary N) is 1. The van der Waals surface area contributed by atoms with Crippen molar-refractivity contribution in [3.63, 3.8) is 0 Å². The van der Waals surface area contributed by atoms with Gasteiger partial charge < -0.3 is 10.3 Å². The summed E-state index contributed by atoms with van der Waals surface area (Å²) in [4.78, 5) is 4.36. The predicted molar refractivity (Wildman–Crippen MR) is 62.8 cm³/mol. The molecule has 2 aromatic rings. The molecule has 1 heterocycles. The minimum Gasteiger partial charge on any atom is -0.331 e. The van der Waals surface area contributed by atoms with E-state index in [-0.39, 0.29) is 11.7 Å². The molecule has 0 spiro atoms. The third-order valence-electron chi connectivity index (χ3n) is 3.04. The molecule has 2 rings (SSSR count). The second-order valence-electron chi connectivity index (χ2n) is 3.98. The normalized spacial score (nSPS) is 13.2. The standard InChI is InChI=1S/C12H16FN3/c1-3-8(7-14)12-15-11-9(13)5-4-6-10(11)16(12)2/h4-6,8H,3,7,14H2,1-2H3. The molecule has 1 unspecified atom stereocenters. The van der Waals surface area contributed by atoms with E-state index in [1.807, 2.05) is 17.7 Å². The van der Waals surface area contributed by atoms with Gasteiger partial charge in [-0.1, -0.05) is 13.0 Å². The minimum atomic E-state index is -0.272. The van der Waals surface area contributed by atoms with Crippen LogP contribution in [0.3, 0.4) is 0 Å². The molecular formula is C12H16FN3. The lowest BCUT2D eigenvalue weighted by Crippen LogP contribution is -2.15. The summed E-state index contributed by atoms with van der Waals surface area (Å²) in [5.74, 6) is 0.785. The fourth-order valence-corrected chi connectivity index (χ4v) is 2.02. The molecule has 0 saturated carbocycles. The van der Waals surface area contributed by atoms with Crippen LogP contribution in [0.25, 0.3) is 11.0 Å². The van der Waals surface area contributed by atoms with Gasteiger partial charge in [0.2, 0.25) is 0 Å². The topological polar surface area (TPSA) is 43.8 Å². The van der Waals surface area contributed by atoms with Crippen LogP contribution >= 0.6 is 0 Å². The third kappa shape index (κ3) is 1.59. The maximum Gasteiger partial charge on any atom is 0.151 e. The first-order valence-corrected chi connectivity index (χ1v) is 5.50. The van der Waals surface area contributed by atoms with Gasteiger partial charge in [-0.05, 0) is 18.6 Å². The number of hydrogen-bond acceptors (Lipinski definition) is 2. The lowest BCUT2D eigenvalue weighted by Gasteiger charge is -2.11. The van der Waals surface area contributed by atoms with Gasteiger partial charge in [0.05, 0.1) is 5.52 Å². The smallest absolute Gasteiger partial charge is 0.151 e. The Morgan fingerprint density at radius 3 is 2.81 bits per heavy atom. The molecule has 1 atom stereocenters. The second-order valence-corrected chi connectivity index (χ2v) is 3.98. The summed E-state index contributed by atoms with van der Waals surface area (Å²) in [5, 5.41) is 0. The van der Waals surface area contributed by atoms with E-state index in [4.69, 9.17) is 5.73 Å². The fourth-order valence-electron chi connectivity index (χ4n) is 2.02. The first-order chi connectivity index (χ1) is 7.69. The molecule has 4 heteroatoms. The van der Waals surface area contributed by atoms with Crippen LogP contribution in [0.15, 0.2) is 18.2 Å². The first kappa shape index (κ1) is 11.1. The van der Waals surface area contributed by atoms with Crippen LogP contribution in [0.2, 0.25) is 0 Å². The molecule has 0 aliphatic heterocycles. The molecule has 0 fully saturated rings. The highest BCUT2D eigenvalue weighted by molar-refractivity contribution is 5.76. The summed E-state index contributed by atoms with van der Waals surface area (Å²) >= 11 is 0. The number of para-hydroxylation sites is 1. The molecule has 0 aliphatic carbocycles. The van der Waals surface area contributed by atoms with Crippen LogP contribution < -0.4 is 5.73 Å². The summed E-state index contributed by atoms with van der Waals surface area (Å²) in [5.41, 5.74) is 6.96. The number of imidazole rings is 1. The Morgan fingerprint density at radius 2 is 2.25 bits per heavy atom. The van der Waals surface area contributed by atoms with Crippen molar-refractivity contribution in [1.29, 1.82) is 0 Å². The number of halogens is 1. The van der Waals surface area contributed by atoms with E-state index < -0.39 is 0 Å². The van der Waals surface area contributed by atoms with Gasteiger partial charge in [0.15, 0.2) is 5.82 Å². The maximum atomic E-state index is 13.5. The van der Waals surface area contributed by atoms with Crippen LogP contribution in [-0.2, 0) is 7.05 Å². The van der Waals surface area contributed by atoms with Gasteiger partial charge in [0, 0.05) is 19.5 Å². The van der Waals surface area contributed by atoms with Crippen molar-refractivity contribution >= 4 is 11.0 Å². The number of fused-ring (bicyclic) bond motifs is 1. The zero-order valence-electron chi connectivity index (χ0n) is 9.57. The number of nitrogens with zero attached hydrogens (tertiary/aromatic N) is 2. The Morgan fingerprint density at radius 1 is 1.50 bits per heavy atom. The van der Waals surface area contributed by atoms with E-state index >= 15 is 0 Å². The fraction of sp³-hybridized carbons (Fsp3) is 0.417. The maximum absolute atomic E-state index is 13.5. The van der Waals surface area contributed by atoms with Crippen molar-refractivity contribution in [3.8, 4) is 0 Å². The number of aromatic nitrogens is 2. The quantitative estimate of drug-likeness (QED) is 0.863. The van der Waals surface area contributed by atoms with Gasteiger partial charge in [0.1, 0.15) is 11.3 Å². The van der Waals surface area contributed by atoms with Crippen molar-refractivity contribution < 1.29 is 4.39 Å². The molecule has 86 valence electrons. The van der Waals surface area contributed by atoms with Crippen molar-refractivity contribution in [2.24, 2.45) is 12.8 Å². The minimum absolute atomic E-state index is 0.191. The molecule has 2 N–H and O–H groups in total. The molecule has 0 saturated heterocycles. The molecule has 16 heavy (non-hydrogen) atoms. The molecule has 3 nitrogen and oxygen atoms in total. The highest BCUT2D eigenvalue weighted by atomic mass is 19.1. The summed E-state index contributed by atoms with van der Waals surface area (Å²) < 4.78 is 15.5. The second kappa shape index (κ2) is 4.22. The van der Waals surface area contributed by atoms with Crippen LogP contribution in [0, 0.1) is 5.82 Å². The Hall–Kier alpha value is -1.42. The van der Waals surface area contributed by atoms with Crippen LogP contribution in [-0.4, -0.2) is 16.1 Å². The summed E-state index contributed by atoms with van der Waals surface area (Å²) in [7, 11) is 1.91. The van der Waals surface area contributed by atoms with Gasteiger partial charge in [-0.3, -0.25) is 0 Å².